The van der Waals surface area contributed by atoms with Gasteiger partial charge in [-0.3, -0.25) is 4.79 Å². The number of allylic oxidation sites excluding steroid dienone is 2. The third kappa shape index (κ3) is 1.59. The summed E-state index contributed by atoms with van der Waals surface area (Å²) in [6.45, 7) is 6.85. The van der Waals surface area contributed by atoms with Crippen molar-refractivity contribution in [2.45, 2.75) is 46.5 Å². The number of ketones is 1. The van der Waals surface area contributed by atoms with Gasteiger partial charge >= 0.3 is 0 Å². The molecule has 0 amide bonds. The first-order chi connectivity index (χ1) is 7.40. The fourth-order valence-electron chi connectivity index (χ4n) is 3.78. The number of methoxy groups -OCH3 is 1. The molecule has 0 aromatic heterocycles. The van der Waals surface area contributed by atoms with Crippen molar-refractivity contribution in [1.82, 2.24) is 0 Å². The molecule has 0 aromatic rings. The molecule has 2 heteroatoms. The maximum Gasteiger partial charge on any atom is 0.159 e. The average molecular weight is 222 g/mol. The van der Waals surface area contributed by atoms with Gasteiger partial charge in [0.05, 0.1) is 7.11 Å². The van der Waals surface area contributed by atoms with Gasteiger partial charge < -0.3 is 4.74 Å². The maximum absolute atomic E-state index is 11.8. The Morgan fingerprint density at radius 1 is 1.31 bits per heavy atom. The van der Waals surface area contributed by atoms with Crippen LogP contribution in [0.4, 0.5) is 0 Å². The molecule has 0 heterocycles. The van der Waals surface area contributed by atoms with E-state index in [-0.39, 0.29) is 16.6 Å². The molecule has 2 atom stereocenters. The average Bonchev–Trinajstić information content (AvgIpc) is 2.19. The monoisotopic (exact) mass is 222 g/mol. The number of hydrogen-bond donors (Lipinski definition) is 0. The minimum absolute atomic E-state index is 0.0738. The van der Waals surface area contributed by atoms with E-state index in [1.165, 1.54) is 12.8 Å². The molecule has 0 saturated heterocycles. The van der Waals surface area contributed by atoms with Gasteiger partial charge in [-0.25, -0.2) is 0 Å². The Balaban J connectivity index is 2.44. The van der Waals surface area contributed by atoms with Crippen LogP contribution in [0.2, 0.25) is 0 Å². The van der Waals surface area contributed by atoms with E-state index in [1.807, 2.05) is 0 Å². The molecule has 2 nitrogen and oxygen atoms in total. The first-order valence-corrected chi connectivity index (χ1v) is 6.19. The van der Waals surface area contributed by atoms with E-state index in [0.717, 1.165) is 12.2 Å². The lowest BCUT2D eigenvalue weighted by Gasteiger charge is -2.52. The summed E-state index contributed by atoms with van der Waals surface area (Å²) in [7, 11) is 1.69. The van der Waals surface area contributed by atoms with Crippen molar-refractivity contribution < 1.29 is 9.53 Å². The van der Waals surface area contributed by atoms with Crippen LogP contribution >= 0.6 is 0 Å². The summed E-state index contributed by atoms with van der Waals surface area (Å²) in [6.07, 6.45) is 6.01. The van der Waals surface area contributed by atoms with Crippen LogP contribution in [-0.2, 0) is 9.53 Å². The van der Waals surface area contributed by atoms with Gasteiger partial charge in [-0.2, -0.15) is 0 Å². The fraction of sp³-hybridized carbons (Fsp3) is 0.786. The number of fused-ring (bicyclic) bond motifs is 1. The van der Waals surface area contributed by atoms with Crippen molar-refractivity contribution in [3.63, 3.8) is 0 Å². The molecule has 0 unspecified atom stereocenters. The van der Waals surface area contributed by atoms with Crippen LogP contribution < -0.4 is 0 Å². The van der Waals surface area contributed by atoms with E-state index in [0.29, 0.717) is 12.3 Å². The third-order valence-corrected chi connectivity index (χ3v) is 4.71. The Labute approximate surface area is 98.1 Å². The summed E-state index contributed by atoms with van der Waals surface area (Å²) in [5.74, 6) is 1.57. The quantitative estimate of drug-likeness (QED) is 0.680. The zero-order valence-electron chi connectivity index (χ0n) is 10.8. The minimum Gasteiger partial charge on any atom is -0.500 e. The highest BCUT2D eigenvalue weighted by molar-refractivity contribution is 5.91. The molecule has 0 spiro atoms. The van der Waals surface area contributed by atoms with Gasteiger partial charge in [0, 0.05) is 17.9 Å². The summed E-state index contributed by atoms with van der Waals surface area (Å²) in [5, 5.41) is 0. The predicted molar refractivity (Wildman–Crippen MR) is 63.9 cm³/mol. The first-order valence-electron chi connectivity index (χ1n) is 6.19. The molecule has 0 N–H and O–H groups in total. The van der Waals surface area contributed by atoms with Crippen molar-refractivity contribution in [2.24, 2.45) is 16.7 Å². The highest BCUT2D eigenvalue weighted by atomic mass is 16.5. The molecule has 0 aromatic carbocycles. The normalized spacial score (nSPS) is 37.6. The summed E-state index contributed by atoms with van der Waals surface area (Å²) in [4.78, 5) is 11.8. The molecule has 2 rings (SSSR count). The number of rotatable bonds is 1. The van der Waals surface area contributed by atoms with Crippen LogP contribution in [-0.4, -0.2) is 12.9 Å². The Kier molecular flexibility index (Phi) is 2.64. The van der Waals surface area contributed by atoms with Crippen molar-refractivity contribution in [3.05, 3.63) is 11.8 Å². The second kappa shape index (κ2) is 3.61. The topological polar surface area (TPSA) is 26.3 Å². The molecule has 0 aliphatic heterocycles. The first kappa shape index (κ1) is 11.7. The van der Waals surface area contributed by atoms with E-state index in [1.54, 1.807) is 13.2 Å². The number of carbonyl (C=O) groups is 1. The van der Waals surface area contributed by atoms with Crippen molar-refractivity contribution in [2.75, 3.05) is 7.11 Å². The molecule has 90 valence electrons. The van der Waals surface area contributed by atoms with Crippen molar-refractivity contribution >= 4 is 5.78 Å². The summed E-state index contributed by atoms with van der Waals surface area (Å²) in [6, 6.07) is 0. The molecule has 0 bridgehead atoms. The second-order valence-electron chi connectivity index (χ2n) is 6.20. The fourth-order valence-corrected chi connectivity index (χ4v) is 3.78. The lowest BCUT2D eigenvalue weighted by molar-refractivity contribution is -0.122. The SMILES string of the molecule is COC1=CC(=O)C[C@H]2C(C)(C)CCC[C@]12C. The molecule has 2 aliphatic rings. The van der Waals surface area contributed by atoms with Gasteiger partial charge in [-0.15, -0.1) is 0 Å². The molecule has 1 fully saturated rings. The van der Waals surface area contributed by atoms with E-state index in [9.17, 15) is 4.79 Å². The Morgan fingerprint density at radius 2 is 2.00 bits per heavy atom. The Bertz CT molecular complexity index is 341. The highest BCUT2D eigenvalue weighted by Gasteiger charge is 2.51. The van der Waals surface area contributed by atoms with E-state index in [4.69, 9.17) is 4.74 Å². The van der Waals surface area contributed by atoms with Crippen LogP contribution in [0.3, 0.4) is 0 Å². The minimum atomic E-state index is 0.0738. The van der Waals surface area contributed by atoms with Gasteiger partial charge in [0.2, 0.25) is 0 Å². The highest BCUT2D eigenvalue weighted by Crippen LogP contribution is 2.57. The standard InChI is InChI=1S/C14H22O2/c1-13(2)6-5-7-14(3)11(13)8-10(15)9-12(14)16-4/h9,11H,5-8H2,1-4H3/t11-,14-/m0/s1. The summed E-state index contributed by atoms with van der Waals surface area (Å²) in [5.41, 5.74) is 0.325. The van der Waals surface area contributed by atoms with Crippen molar-refractivity contribution in [3.8, 4) is 0 Å². The zero-order valence-corrected chi connectivity index (χ0v) is 10.8. The number of ether oxygens (including phenoxy) is 1. The summed E-state index contributed by atoms with van der Waals surface area (Å²) < 4.78 is 5.47. The molecule has 16 heavy (non-hydrogen) atoms. The second-order valence-corrected chi connectivity index (χ2v) is 6.20. The van der Waals surface area contributed by atoms with Crippen LogP contribution in [0.15, 0.2) is 11.8 Å². The predicted octanol–water partition coefficient (Wildman–Crippen LogP) is 3.32. The van der Waals surface area contributed by atoms with Gasteiger partial charge in [-0.1, -0.05) is 27.2 Å². The van der Waals surface area contributed by atoms with Gasteiger partial charge in [0.1, 0.15) is 5.76 Å². The lowest BCUT2D eigenvalue weighted by Crippen LogP contribution is -2.46. The van der Waals surface area contributed by atoms with E-state index in [2.05, 4.69) is 20.8 Å². The summed E-state index contributed by atoms with van der Waals surface area (Å²) >= 11 is 0. The molecule has 2 aliphatic carbocycles. The van der Waals surface area contributed by atoms with Crippen molar-refractivity contribution in [1.29, 1.82) is 0 Å². The van der Waals surface area contributed by atoms with Crippen LogP contribution in [0, 0.1) is 16.7 Å². The van der Waals surface area contributed by atoms with E-state index >= 15 is 0 Å². The largest absolute Gasteiger partial charge is 0.500 e. The Hall–Kier alpha value is -0.790. The van der Waals surface area contributed by atoms with Crippen LogP contribution in [0.5, 0.6) is 0 Å². The van der Waals surface area contributed by atoms with Crippen LogP contribution in [0.1, 0.15) is 46.5 Å². The zero-order chi connectivity index (χ0) is 12.0. The van der Waals surface area contributed by atoms with Gasteiger partial charge in [-0.05, 0) is 24.2 Å². The molecular formula is C14H22O2. The number of hydrogen-bond acceptors (Lipinski definition) is 2. The van der Waals surface area contributed by atoms with Crippen LogP contribution in [0.25, 0.3) is 0 Å². The van der Waals surface area contributed by atoms with Gasteiger partial charge in [0.25, 0.3) is 0 Å². The lowest BCUT2D eigenvalue weighted by atomic mass is 9.53. The molecule has 0 radical (unpaired) electrons. The number of carbonyl (C=O) groups excluding carboxylic acids is 1. The third-order valence-electron chi connectivity index (χ3n) is 4.71. The molecule has 1 saturated carbocycles. The van der Waals surface area contributed by atoms with E-state index < -0.39 is 0 Å². The Morgan fingerprint density at radius 3 is 2.62 bits per heavy atom. The smallest absolute Gasteiger partial charge is 0.159 e. The molecular weight excluding hydrogens is 200 g/mol. The van der Waals surface area contributed by atoms with Gasteiger partial charge in [0.15, 0.2) is 5.78 Å². The maximum atomic E-state index is 11.8.